The van der Waals surface area contributed by atoms with Gasteiger partial charge in [-0.2, -0.15) is 0 Å². The highest BCUT2D eigenvalue weighted by atomic mass is 16.8. The van der Waals surface area contributed by atoms with E-state index in [1.54, 1.807) is 0 Å². The molecule has 23 nitrogen and oxygen atoms in total. The molecule has 3 aliphatic rings. The molecule has 0 aliphatic carbocycles. The fourth-order valence-corrected chi connectivity index (χ4v) is 15.7. The van der Waals surface area contributed by atoms with Crippen LogP contribution in [0, 0.1) is 0 Å². The number of carbonyl (C=O) groups excluding carboxylic acids is 2. The highest BCUT2D eigenvalue weighted by molar-refractivity contribution is 5.77. The average Bonchev–Trinajstić information content (AvgIpc) is 0.753. The van der Waals surface area contributed by atoms with Crippen LogP contribution < -0.4 is 10.6 Å². The lowest BCUT2D eigenvalue weighted by Crippen LogP contribution is -2.70. The van der Waals surface area contributed by atoms with Gasteiger partial charge < -0.3 is 100 Å². The normalized spacial score (nSPS) is 25.9. The molecule has 3 saturated heterocycles. The molecule has 107 heavy (non-hydrogen) atoms. The second kappa shape index (κ2) is 63.1. The molecule has 18 atom stereocenters. The van der Waals surface area contributed by atoms with Crippen LogP contribution in [0.25, 0.3) is 0 Å². The fourth-order valence-electron chi connectivity index (χ4n) is 15.7. The van der Waals surface area contributed by atoms with Crippen LogP contribution in [0.3, 0.4) is 0 Å². The first-order chi connectivity index (χ1) is 51.9. The molecule has 3 heterocycles. The van der Waals surface area contributed by atoms with Gasteiger partial charge >= 0.3 is 5.97 Å². The van der Waals surface area contributed by atoms with Crippen molar-refractivity contribution >= 4 is 17.8 Å². The van der Waals surface area contributed by atoms with E-state index in [1.807, 2.05) is 0 Å². The van der Waals surface area contributed by atoms with Crippen molar-refractivity contribution in [3.05, 3.63) is 0 Å². The number of aliphatic hydroxyl groups is 11. The first-order valence-corrected chi connectivity index (χ1v) is 43.9. The van der Waals surface area contributed by atoms with Gasteiger partial charge in [0.2, 0.25) is 11.8 Å². The number of hydrogen-bond acceptors (Lipinski definition) is 20. The maximum Gasteiger partial charge on any atom is 0.364 e. The van der Waals surface area contributed by atoms with E-state index in [0.717, 1.165) is 51.9 Å². The third-order valence-electron chi connectivity index (χ3n) is 22.6. The molecule has 0 aromatic rings. The monoisotopic (exact) mass is 1530 g/mol. The quantitative estimate of drug-likeness (QED) is 0.0252. The summed E-state index contributed by atoms with van der Waals surface area (Å²) in [5.74, 6) is -6.08. The van der Waals surface area contributed by atoms with Gasteiger partial charge in [-0.3, -0.25) is 9.59 Å². The summed E-state index contributed by atoms with van der Waals surface area (Å²) in [6.45, 7) is 2.29. The summed E-state index contributed by atoms with van der Waals surface area (Å²) >= 11 is 0. The molecule has 23 heteroatoms. The third kappa shape index (κ3) is 42.6. The Labute approximate surface area is 646 Å². The van der Waals surface area contributed by atoms with Crippen LogP contribution in [0.15, 0.2) is 0 Å². The van der Waals surface area contributed by atoms with Crippen LogP contribution in [-0.2, 0) is 42.8 Å². The molecule has 0 aromatic heterocycles. The number of rotatable bonds is 71. The Balaban J connectivity index is 1.45. The van der Waals surface area contributed by atoms with Gasteiger partial charge in [0.1, 0.15) is 67.1 Å². The van der Waals surface area contributed by atoms with Gasteiger partial charge in [-0.1, -0.05) is 348 Å². The van der Waals surface area contributed by atoms with Crippen molar-refractivity contribution in [2.45, 2.75) is 490 Å². The summed E-state index contributed by atoms with van der Waals surface area (Å²) in [4.78, 5) is 38.8. The molecule has 3 fully saturated rings. The zero-order chi connectivity index (χ0) is 78.1. The van der Waals surface area contributed by atoms with E-state index >= 15 is 0 Å². The first kappa shape index (κ1) is 98.9. The van der Waals surface area contributed by atoms with E-state index < -0.39 is 148 Å². The summed E-state index contributed by atoms with van der Waals surface area (Å²) in [6.07, 6.45) is 39.7. The zero-order valence-electron chi connectivity index (χ0n) is 67.3. The van der Waals surface area contributed by atoms with E-state index in [4.69, 9.17) is 28.4 Å². The Bertz CT molecular complexity index is 2120. The lowest BCUT2D eigenvalue weighted by atomic mass is 9.88. The number of amides is 2. The number of unbranched alkanes of at least 4 members (excludes halogenated alkanes) is 51. The lowest BCUT2D eigenvalue weighted by molar-refractivity contribution is -0.386. The second-order valence-electron chi connectivity index (χ2n) is 32.1. The minimum Gasteiger partial charge on any atom is -0.477 e. The molecular formula is C84H160N2O21. The number of ether oxygens (including phenoxy) is 6. The zero-order valence-corrected chi connectivity index (χ0v) is 67.3. The van der Waals surface area contributed by atoms with Crippen molar-refractivity contribution in [2.75, 3.05) is 26.4 Å². The van der Waals surface area contributed by atoms with Crippen molar-refractivity contribution in [3.8, 4) is 0 Å². The molecule has 632 valence electrons. The SMILES string of the molecule is CCCCCCCCCCCCCCCCCCCCCCCCCCCCCCCCCCC(=O)NC(COC1OC(CO)C(OC2OC(CO)C(O)C(OC3(C(=O)O)CC(O)C(NC(C)=O)C(C(O)C(O)CO)O3)C2O)C(O)C1O)C(O)CCCCCCCCCCCCCCCCCCCCCCC. The molecule has 0 saturated carbocycles. The van der Waals surface area contributed by atoms with Crippen molar-refractivity contribution in [1.82, 2.24) is 10.6 Å². The van der Waals surface area contributed by atoms with Gasteiger partial charge in [-0.05, 0) is 12.8 Å². The highest BCUT2D eigenvalue weighted by Gasteiger charge is 2.60. The van der Waals surface area contributed by atoms with E-state index in [9.17, 15) is 75.7 Å². The highest BCUT2D eigenvalue weighted by Crippen LogP contribution is 2.39. The predicted molar refractivity (Wildman–Crippen MR) is 417 cm³/mol. The minimum absolute atomic E-state index is 0.230. The summed E-state index contributed by atoms with van der Waals surface area (Å²) in [5.41, 5.74) is 0. The standard InChI is InChI=1S/C84H160N2O21/c1-4-6-8-10-12-14-16-18-20-22-24-26-27-28-29-30-31-32-33-34-35-36-38-40-42-44-46-48-50-52-54-56-58-71(94)86-65(66(91)57-55-53-51-49-47-45-43-41-39-37-25-23-21-19-17-15-13-11-9-7-5-2)63-102-81-76(98)75(97)78(70(62-89)104-81)105-82-77(99)80(74(96)69(61-88)103-82)107-84(83(100)101)59-67(92)72(85-64(3)90)79(106-84)73(95)68(93)60-87/h65-70,72-82,87-89,91-93,95-99H,4-63H2,1-3H3,(H,85,90)(H,86,94)(H,100,101). The van der Waals surface area contributed by atoms with E-state index in [0.29, 0.717) is 19.3 Å². The van der Waals surface area contributed by atoms with Crippen LogP contribution in [0.1, 0.15) is 380 Å². The molecule has 0 spiro atoms. The van der Waals surface area contributed by atoms with Gasteiger partial charge in [0.15, 0.2) is 12.6 Å². The smallest absolute Gasteiger partial charge is 0.364 e. The molecule has 0 aromatic carbocycles. The Morgan fingerprint density at radius 1 is 0.449 bits per heavy atom. The Morgan fingerprint density at radius 3 is 1.17 bits per heavy atom. The summed E-state index contributed by atoms with van der Waals surface area (Å²) in [6, 6.07) is -2.53. The molecule has 14 N–H and O–H groups in total. The molecule has 0 radical (unpaired) electrons. The van der Waals surface area contributed by atoms with E-state index in [-0.39, 0.29) is 18.9 Å². The summed E-state index contributed by atoms with van der Waals surface area (Å²) < 4.78 is 35.0. The van der Waals surface area contributed by atoms with Crippen molar-refractivity contribution in [2.24, 2.45) is 0 Å². The van der Waals surface area contributed by atoms with Crippen molar-refractivity contribution in [1.29, 1.82) is 0 Å². The number of nitrogens with one attached hydrogen (secondary N) is 2. The maximum atomic E-state index is 13.6. The summed E-state index contributed by atoms with van der Waals surface area (Å²) in [7, 11) is 0. The number of aliphatic hydroxyl groups excluding tert-OH is 11. The van der Waals surface area contributed by atoms with Crippen LogP contribution >= 0.6 is 0 Å². The Morgan fingerprint density at radius 2 is 0.813 bits per heavy atom. The molecule has 2 amide bonds. The fraction of sp³-hybridized carbons (Fsp3) is 0.964. The number of aliphatic carboxylic acids is 1. The molecule has 0 bridgehead atoms. The number of carbonyl (C=O) groups is 3. The van der Waals surface area contributed by atoms with Gasteiger partial charge in [-0.25, -0.2) is 4.79 Å². The van der Waals surface area contributed by atoms with Crippen LogP contribution in [0.4, 0.5) is 0 Å². The summed E-state index contributed by atoms with van der Waals surface area (Å²) in [5, 5.41) is 137. The van der Waals surface area contributed by atoms with Crippen LogP contribution in [-0.4, -0.2) is 215 Å². The Kier molecular flexibility index (Phi) is 58.3. The number of carboxylic acids is 1. The Hall–Kier alpha value is -2.27. The van der Waals surface area contributed by atoms with Crippen molar-refractivity contribution < 1.29 is 104 Å². The predicted octanol–water partition coefficient (Wildman–Crippen LogP) is 13.1. The van der Waals surface area contributed by atoms with E-state index in [1.165, 1.54) is 283 Å². The van der Waals surface area contributed by atoms with Crippen LogP contribution in [0.2, 0.25) is 0 Å². The largest absolute Gasteiger partial charge is 0.477 e. The topological polar surface area (TPSA) is 373 Å². The number of hydrogen-bond donors (Lipinski definition) is 14. The number of carboxylic acid groups (broad SMARTS) is 1. The second-order valence-corrected chi connectivity index (χ2v) is 32.1. The third-order valence-corrected chi connectivity index (χ3v) is 22.6. The minimum atomic E-state index is -3.08. The van der Waals surface area contributed by atoms with Gasteiger partial charge in [0.05, 0.1) is 50.7 Å². The maximum absolute atomic E-state index is 13.6. The van der Waals surface area contributed by atoms with Gasteiger partial charge in [-0.15, -0.1) is 0 Å². The van der Waals surface area contributed by atoms with Gasteiger partial charge in [0.25, 0.3) is 5.79 Å². The average molecular weight is 1530 g/mol. The van der Waals surface area contributed by atoms with Gasteiger partial charge in [0, 0.05) is 19.8 Å². The van der Waals surface area contributed by atoms with Crippen LogP contribution in [0.5, 0.6) is 0 Å². The van der Waals surface area contributed by atoms with Crippen molar-refractivity contribution in [3.63, 3.8) is 0 Å². The first-order valence-electron chi connectivity index (χ1n) is 43.9. The molecule has 3 aliphatic heterocycles. The molecule has 3 rings (SSSR count). The molecule has 18 unspecified atom stereocenters. The molecular weight excluding hydrogens is 1370 g/mol. The van der Waals surface area contributed by atoms with E-state index in [2.05, 4.69) is 24.5 Å². The lowest BCUT2D eigenvalue weighted by Gasteiger charge is -2.50.